The molecule has 0 aromatic carbocycles. The molecule has 0 spiro atoms. The molecule has 1 N–H and O–H groups in total. The summed E-state index contributed by atoms with van der Waals surface area (Å²) in [6, 6.07) is 0. The molecular weight excluding hydrogens is 396 g/mol. The molecule has 0 saturated heterocycles. The number of allylic oxidation sites excluding steroid dienone is 4. The van der Waals surface area contributed by atoms with Crippen LogP contribution in [0.4, 0.5) is 0 Å². The van der Waals surface area contributed by atoms with Crippen molar-refractivity contribution >= 4 is 8.32 Å². The second kappa shape index (κ2) is 9.31. The van der Waals surface area contributed by atoms with E-state index in [1.807, 2.05) is 0 Å². The molecule has 0 heterocycles. The van der Waals surface area contributed by atoms with Crippen LogP contribution >= 0.6 is 0 Å². The van der Waals surface area contributed by atoms with Crippen LogP contribution in [0.3, 0.4) is 0 Å². The molecule has 0 bridgehead atoms. The molecule has 31 heavy (non-hydrogen) atoms. The molecule has 0 aromatic rings. The summed E-state index contributed by atoms with van der Waals surface area (Å²) in [5, 5.41) is 10.0. The van der Waals surface area contributed by atoms with Crippen LogP contribution in [0.25, 0.3) is 0 Å². The van der Waals surface area contributed by atoms with Crippen LogP contribution in [0.1, 0.15) is 86.0 Å². The van der Waals surface area contributed by atoms with E-state index < -0.39 is 8.32 Å². The highest BCUT2D eigenvalue weighted by molar-refractivity contribution is 6.74. The van der Waals surface area contributed by atoms with Gasteiger partial charge in [-0.15, -0.1) is 0 Å². The largest absolute Gasteiger partial charge is 0.414 e. The van der Waals surface area contributed by atoms with Crippen LogP contribution in [0.15, 0.2) is 35.5 Å². The maximum Gasteiger partial charge on any atom is 0.192 e. The van der Waals surface area contributed by atoms with Gasteiger partial charge in [0.05, 0.1) is 0 Å². The molecule has 3 heteroatoms. The van der Waals surface area contributed by atoms with E-state index in [0.29, 0.717) is 35.9 Å². The average Bonchev–Trinajstić information content (AvgIpc) is 3.04. The van der Waals surface area contributed by atoms with Gasteiger partial charge >= 0.3 is 0 Å². The van der Waals surface area contributed by atoms with E-state index in [1.54, 1.807) is 5.57 Å². The second-order valence-corrected chi connectivity index (χ2v) is 17.3. The fourth-order valence-corrected chi connectivity index (χ4v) is 7.80. The van der Waals surface area contributed by atoms with Crippen molar-refractivity contribution < 1.29 is 9.53 Å². The Morgan fingerprint density at radius 1 is 1.19 bits per heavy atom. The van der Waals surface area contributed by atoms with Crippen LogP contribution in [-0.2, 0) is 4.43 Å². The zero-order valence-electron chi connectivity index (χ0n) is 21.4. The van der Waals surface area contributed by atoms with Gasteiger partial charge in [0.15, 0.2) is 8.32 Å². The number of aliphatic hydroxyl groups is 1. The quantitative estimate of drug-likeness (QED) is 0.438. The molecular formula is C28H48O2Si. The number of rotatable bonds is 5. The van der Waals surface area contributed by atoms with Crippen molar-refractivity contribution in [3.63, 3.8) is 0 Å². The van der Waals surface area contributed by atoms with Gasteiger partial charge in [0.2, 0.25) is 0 Å². The van der Waals surface area contributed by atoms with Crippen molar-refractivity contribution in [1.29, 1.82) is 0 Å². The molecule has 3 saturated carbocycles. The van der Waals surface area contributed by atoms with Gasteiger partial charge in [-0.1, -0.05) is 64.5 Å². The van der Waals surface area contributed by atoms with Gasteiger partial charge in [-0.3, -0.25) is 0 Å². The first-order chi connectivity index (χ1) is 14.4. The Morgan fingerprint density at radius 2 is 1.90 bits per heavy atom. The zero-order chi connectivity index (χ0) is 23.0. The average molecular weight is 445 g/mol. The van der Waals surface area contributed by atoms with Gasteiger partial charge in [0.1, 0.15) is 0 Å². The summed E-state index contributed by atoms with van der Waals surface area (Å²) in [7, 11) is -1.74. The molecule has 3 aliphatic carbocycles. The lowest BCUT2D eigenvalue weighted by Gasteiger charge is -2.44. The Labute approximate surface area is 193 Å². The van der Waals surface area contributed by atoms with Crippen LogP contribution in [-0.4, -0.2) is 26.1 Å². The van der Waals surface area contributed by atoms with Gasteiger partial charge in [-0.2, -0.15) is 0 Å². The molecule has 2 nitrogen and oxygen atoms in total. The minimum Gasteiger partial charge on any atom is -0.414 e. The van der Waals surface area contributed by atoms with Gasteiger partial charge in [0, 0.05) is 12.7 Å². The van der Waals surface area contributed by atoms with Gasteiger partial charge in [-0.05, 0) is 98.2 Å². The molecule has 0 unspecified atom stereocenters. The van der Waals surface area contributed by atoms with Crippen molar-refractivity contribution in [2.45, 2.75) is 110 Å². The Balaban J connectivity index is 1.75. The van der Waals surface area contributed by atoms with E-state index in [-0.39, 0.29) is 5.04 Å². The Morgan fingerprint density at radius 3 is 2.55 bits per heavy atom. The molecule has 176 valence electrons. The molecule has 3 rings (SSSR count). The molecule has 0 aromatic heterocycles. The van der Waals surface area contributed by atoms with Crippen molar-refractivity contribution in [3.05, 3.63) is 35.5 Å². The summed E-state index contributed by atoms with van der Waals surface area (Å²) in [5.41, 5.74) is 4.73. The van der Waals surface area contributed by atoms with Crippen LogP contribution < -0.4 is 0 Å². The van der Waals surface area contributed by atoms with E-state index in [4.69, 9.17) is 4.43 Å². The van der Waals surface area contributed by atoms with Crippen LogP contribution in [0, 0.1) is 23.2 Å². The third kappa shape index (κ3) is 5.14. The van der Waals surface area contributed by atoms with Gasteiger partial charge in [0.25, 0.3) is 0 Å². The van der Waals surface area contributed by atoms with E-state index in [9.17, 15) is 5.11 Å². The lowest BCUT2D eigenvalue weighted by Crippen LogP contribution is -2.44. The maximum absolute atomic E-state index is 9.78. The van der Waals surface area contributed by atoms with E-state index in [0.717, 1.165) is 19.3 Å². The minimum atomic E-state index is -1.74. The smallest absolute Gasteiger partial charge is 0.192 e. The Kier molecular flexibility index (Phi) is 7.50. The summed E-state index contributed by atoms with van der Waals surface area (Å²) >= 11 is 0. The second-order valence-electron chi connectivity index (χ2n) is 12.5. The molecule has 0 aliphatic heterocycles. The number of aliphatic hydroxyl groups excluding tert-OH is 1. The number of hydrogen-bond acceptors (Lipinski definition) is 2. The van der Waals surface area contributed by atoms with Gasteiger partial charge < -0.3 is 9.53 Å². The van der Waals surface area contributed by atoms with E-state index >= 15 is 0 Å². The SMILES string of the molecule is C=C1CC[C@H](O[Si](C)(C)C(C)(C)C)C/C1=C/C=C1\CCC[C@]2(C)[C@@H]([C@H](C)CO)CC[C@@H]12. The predicted molar refractivity (Wildman–Crippen MR) is 136 cm³/mol. The summed E-state index contributed by atoms with van der Waals surface area (Å²) < 4.78 is 6.76. The lowest BCUT2D eigenvalue weighted by atomic mass is 9.61. The maximum atomic E-state index is 9.78. The van der Waals surface area contributed by atoms with Crippen molar-refractivity contribution in [2.24, 2.45) is 23.2 Å². The minimum absolute atomic E-state index is 0.255. The molecule has 5 atom stereocenters. The Hall–Kier alpha value is -0.643. The monoisotopic (exact) mass is 444 g/mol. The highest BCUT2D eigenvalue weighted by atomic mass is 28.4. The van der Waals surface area contributed by atoms with E-state index in [2.05, 4.69) is 66.4 Å². The highest BCUT2D eigenvalue weighted by Crippen LogP contribution is 2.59. The van der Waals surface area contributed by atoms with Crippen LogP contribution in [0.2, 0.25) is 18.1 Å². The standard InChI is InChI=1S/C28H48O2Si/c1-20-11-14-24(30-31(7,8)27(3,4)5)18-23(20)13-12-22-10-9-17-28(6)25(21(2)19-29)15-16-26(22)28/h12-13,21,24-26,29H,1,9-11,14-19H2,2-8H3/b22-12+,23-13-/t21-,24+,25-,26+,28-/m1/s1. The topological polar surface area (TPSA) is 29.5 Å². The summed E-state index contributed by atoms with van der Waals surface area (Å²) in [6.07, 6.45) is 14.8. The first-order valence-electron chi connectivity index (χ1n) is 12.8. The Bertz CT molecular complexity index is 726. The molecule has 3 fully saturated rings. The fraction of sp³-hybridized carbons (Fsp3) is 0.786. The van der Waals surface area contributed by atoms with Crippen molar-refractivity contribution in [3.8, 4) is 0 Å². The highest BCUT2D eigenvalue weighted by Gasteiger charge is 2.50. The molecule has 0 radical (unpaired) electrons. The van der Waals surface area contributed by atoms with Crippen molar-refractivity contribution in [2.75, 3.05) is 6.61 Å². The van der Waals surface area contributed by atoms with Gasteiger partial charge in [-0.25, -0.2) is 0 Å². The summed E-state index contributed by atoms with van der Waals surface area (Å²) in [4.78, 5) is 0. The lowest BCUT2D eigenvalue weighted by molar-refractivity contribution is 0.0690. The summed E-state index contributed by atoms with van der Waals surface area (Å²) in [5.74, 6) is 1.76. The normalized spacial score (nSPS) is 36.1. The molecule has 3 aliphatic rings. The van der Waals surface area contributed by atoms with Crippen molar-refractivity contribution in [1.82, 2.24) is 0 Å². The first-order valence-corrected chi connectivity index (χ1v) is 15.7. The van der Waals surface area contributed by atoms with Crippen LogP contribution in [0.5, 0.6) is 0 Å². The fourth-order valence-electron chi connectivity index (χ4n) is 6.42. The first kappa shape index (κ1) is 25.0. The number of fused-ring (bicyclic) bond motifs is 1. The van der Waals surface area contributed by atoms with E-state index in [1.165, 1.54) is 43.3 Å². The predicted octanol–water partition coefficient (Wildman–Crippen LogP) is 7.81. The number of hydrogen-bond donors (Lipinski definition) is 1. The summed E-state index contributed by atoms with van der Waals surface area (Å²) in [6.45, 7) is 21.2. The third-order valence-corrected chi connectivity index (χ3v) is 14.0. The zero-order valence-corrected chi connectivity index (χ0v) is 22.4. The molecule has 0 amide bonds. The third-order valence-electron chi connectivity index (χ3n) is 9.45.